The summed E-state index contributed by atoms with van der Waals surface area (Å²) in [5, 5.41) is 0. The Bertz CT molecular complexity index is 363. The van der Waals surface area contributed by atoms with Gasteiger partial charge in [-0.15, -0.1) is 0 Å². The molecule has 0 aromatic carbocycles. The molecular formula is C11H15KN2OS2. The van der Waals surface area contributed by atoms with E-state index in [1.807, 2.05) is 30.0 Å². The van der Waals surface area contributed by atoms with Gasteiger partial charge in [0.2, 0.25) is 5.88 Å². The molecule has 1 rings (SSSR count). The Morgan fingerprint density at radius 2 is 2.18 bits per heavy atom. The van der Waals surface area contributed by atoms with E-state index in [4.69, 9.17) is 29.6 Å². The summed E-state index contributed by atoms with van der Waals surface area (Å²) in [5.74, 6) is 1.36. The van der Waals surface area contributed by atoms with Crippen molar-refractivity contribution in [2.45, 2.75) is 20.3 Å². The summed E-state index contributed by atoms with van der Waals surface area (Å²) in [7, 11) is 0. The van der Waals surface area contributed by atoms with Gasteiger partial charge in [0.05, 0.1) is 6.61 Å². The summed E-state index contributed by atoms with van der Waals surface area (Å²) >= 11 is 10.1. The zero-order chi connectivity index (χ0) is 12.0. The first-order valence-electron chi connectivity index (χ1n) is 5.27. The molecule has 0 amide bonds. The van der Waals surface area contributed by atoms with Crippen LogP contribution in [0.5, 0.6) is 5.88 Å². The van der Waals surface area contributed by atoms with E-state index in [1.54, 1.807) is 0 Å². The number of ether oxygens (including phenoxy) is 1. The van der Waals surface area contributed by atoms with E-state index in [9.17, 15) is 0 Å². The molecule has 17 heavy (non-hydrogen) atoms. The normalized spacial score (nSPS) is 9.29. The van der Waals surface area contributed by atoms with E-state index < -0.39 is 0 Å². The quantitative estimate of drug-likeness (QED) is 0.416. The third-order valence-electron chi connectivity index (χ3n) is 1.95. The smallest absolute Gasteiger partial charge is 0.478 e. The van der Waals surface area contributed by atoms with Gasteiger partial charge in [-0.05, 0) is 19.4 Å². The van der Waals surface area contributed by atoms with Crippen molar-refractivity contribution < 1.29 is 56.1 Å². The van der Waals surface area contributed by atoms with Crippen LogP contribution < -0.4 is 61.0 Å². The van der Waals surface area contributed by atoms with Gasteiger partial charge in [0.15, 0.2) is 0 Å². The molecule has 0 saturated heterocycles. The van der Waals surface area contributed by atoms with Crippen LogP contribution in [-0.2, 0) is 12.6 Å². The molecule has 1 heterocycles. The number of anilines is 1. The van der Waals surface area contributed by atoms with E-state index >= 15 is 0 Å². The predicted molar refractivity (Wildman–Crippen MR) is 73.0 cm³/mol. The topological polar surface area (TPSA) is 25.4 Å². The monoisotopic (exact) mass is 294 g/mol. The number of nitrogens with zero attached hydrogens (tertiary/aromatic N) is 2. The van der Waals surface area contributed by atoms with Crippen LogP contribution in [0.25, 0.3) is 0 Å². The van der Waals surface area contributed by atoms with Gasteiger partial charge in [0.25, 0.3) is 0 Å². The molecule has 0 unspecified atom stereocenters. The van der Waals surface area contributed by atoms with Crippen LogP contribution in [0.3, 0.4) is 0 Å². The zero-order valence-corrected chi connectivity index (χ0v) is 15.2. The van der Waals surface area contributed by atoms with E-state index in [0.29, 0.717) is 16.8 Å². The molecule has 0 saturated carbocycles. The van der Waals surface area contributed by atoms with E-state index in [-0.39, 0.29) is 51.4 Å². The third kappa shape index (κ3) is 5.91. The Morgan fingerprint density at radius 3 is 2.71 bits per heavy atom. The number of hydrogen-bond acceptors (Lipinski definition) is 4. The summed E-state index contributed by atoms with van der Waals surface area (Å²) in [4.78, 5) is 6.19. The third-order valence-corrected chi connectivity index (χ3v) is 2.39. The first-order chi connectivity index (χ1) is 7.69. The largest absolute Gasteiger partial charge is 1.00 e. The Balaban J connectivity index is 0.00000256. The molecule has 0 radical (unpaired) electrons. The van der Waals surface area contributed by atoms with Gasteiger partial charge in [-0.1, -0.05) is 17.3 Å². The fraction of sp³-hybridized carbons (Fsp3) is 0.455. The van der Waals surface area contributed by atoms with Gasteiger partial charge in [-0.25, -0.2) is 0 Å². The first kappa shape index (κ1) is 17.7. The van der Waals surface area contributed by atoms with E-state index in [1.165, 1.54) is 0 Å². The van der Waals surface area contributed by atoms with Crippen LogP contribution in [-0.4, -0.2) is 22.5 Å². The van der Waals surface area contributed by atoms with E-state index in [2.05, 4.69) is 11.9 Å². The molecule has 0 fully saturated rings. The van der Waals surface area contributed by atoms with Crippen molar-refractivity contribution in [1.29, 1.82) is 0 Å². The SMILES string of the molecule is CCCN(C(=S)[S-])c1cccc(OCC)n1.[K+]. The molecule has 88 valence electrons. The van der Waals surface area contributed by atoms with Crippen LogP contribution in [0.2, 0.25) is 0 Å². The zero-order valence-electron chi connectivity index (χ0n) is 10.5. The molecule has 0 aliphatic heterocycles. The van der Waals surface area contributed by atoms with Gasteiger partial charge in [0, 0.05) is 12.6 Å². The maximum Gasteiger partial charge on any atom is 1.00 e. The standard InChI is InChI=1S/C11H16N2OS2.K/c1-3-8-13(11(15)16)9-6-5-7-10(12-9)14-4-2;/h5-7H,3-4,8H2,1-2H3,(H,15,16);/q;+1/p-1. The van der Waals surface area contributed by atoms with Gasteiger partial charge in [-0.3, -0.25) is 0 Å². The molecular weight excluding hydrogens is 279 g/mol. The van der Waals surface area contributed by atoms with Crippen molar-refractivity contribution in [3.8, 4) is 5.88 Å². The van der Waals surface area contributed by atoms with Crippen LogP contribution in [0.15, 0.2) is 18.2 Å². The minimum absolute atomic E-state index is 0. The first-order valence-corrected chi connectivity index (χ1v) is 6.09. The molecule has 0 spiro atoms. The maximum absolute atomic E-state index is 5.34. The molecule has 1 aromatic heterocycles. The number of thiocarbonyl (C=S) groups is 1. The van der Waals surface area contributed by atoms with Gasteiger partial charge in [0.1, 0.15) is 5.82 Å². The summed E-state index contributed by atoms with van der Waals surface area (Å²) in [6.45, 7) is 5.39. The molecule has 0 atom stereocenters. The fourth-order valence-electron chi connectivity index (χ4n) is 1.31. The van der Waals surface area contributed by atoms with Gasteiger partial charge < -0.3 is 34.5 Å². The summed E-state index contributed by atoms with van der Waals surface area (Å²) in [6.07, 6.45) is 0.970. The molecule has 0 N–H and O–H groups in total. The molecule has 6 heteroatoms. The maximum atomic E-state index is 5.34. The Morgan fingerprint density at radius 1 is 1.47 bits per heavy atom. The fourth-order valence-corrected chi connectivity index (χ4v) is 1.68. The Hall–Kier alpha value is 0.696. The van der Waals surface area contributed by atoms with Crippen molar-refractivity contribution in [3.05, 3.63) is 18.2 Å². The minimum atomic E-state index is 0. The molecule has 1 aromatic rings. The average molecular weight is 294 g/mol. The number of hydrogen-bond donors (Lipinski definition) is 0. The number of pyridine rings is 1. The molecule has 0 aliphatic carbocycles. The Labute approximate surface area is 156 Å². The summed E-state index contributed by atoms with van der Waals surface area (Å²) in [5.41, 5.74) is 0. The minimum Gasteiger partial charge on any atom is -0.478 e. The number of aromatic nitrogens is 1. The molecule has 0 aliphatic rings. The van der Waals surface area contributed by atoms with Crippen LogP contribution in [0.4, 0.5) is 5.82 Å². The van der Waals surface area contributed by atoms with E-state index in [0.717, 1.165) is 18.8 Å². The van der Waals surface area contributed by atoms with Crippen molar-refractivity contribution in [3.63, 3.8) is 0 Å². The molecule has 0 bridgehead atoms. The summed E-state index contributed by atoms with van der Waals surface area (Å²) < 4.78 is 5.76. The van der Waals surface area contributed by atoms with Crippen LogP contribution >= 0.6 is 12.2 Å². The second kappa shape index (κ2) is 9.60. The van der Waals surface area contributed by atoms with Gasteiger partial charge >= 0.3 is 51.4 Å². The van der Waals surface area contributed by atoms with Gasteiger partial charge in [-0.2, -0.15) is 4.98 Å². The van der Waals surface area contributed by atoms with Crippen molar-refractivity contribution in [1.82, 2.24) is 4.98 Å². The average Bonchev–Trinajstić information content (AvgIpc) is 2.26. The predicted octanol–water partition coefficient (Wildman–Crippen LogP) is -0.467. The van der Waals surface area contributed by atoms with Crippen molar-refractivity contribution >= 4 is 35.0 Å². The van der Waals surface area contributed by atoms with Crippen molar-refractivity contribution in [2.75, 3.05) is 18.1 Å². The second-order valence-corrected chi connectivity index (χ2v) is 4.22. The van der Waals surface area contributed by atoms with Crippen molar-refractivity contribution in [2.24, 2.45) is 0 Å². The molecule has 3 nitrogen and oxygen atoms in total. The second-order valence-electron chi connectivity index (χ2n) is 3.18. The number of rotatable bonds is 5. The summed E-state index contributed by atoms with van der Waals surface area (Å²) in [6, 6.07) is 5.60. The van der Waals surface area contributed by atoms with Crippen LogP contribution in [0.1, 0.15) is 20.3 Å². The Kier molecular flexibility index (Phi) is 10.00. The van der Waals surface area contributed by atoms with Crippen LogP contribution in [0, 0.1) is 0 Å².